The molecule has 22 heavy (non-hydrogen) atoms. The maximum atomic E-state index is 11.9. The van der Waals surface area contributed by atoms with Crippen LogP contribution in [0.15, 0.2) is 24.5 Å². The highest BCUT2D eigenvalue weighted by atomic mass is 16.6. The molecular weight excluding hydrogens is 288 g/mol. The van der Waals surface area contributed by atoms with Gasteiger partial charge in [-0.1, -0.05) is 0 Å². The van der Waals surface area contributed by atoms with Gasteiger partial charge in [0.15, 0.2) is 0 Å². The lowest BCUT2D eigenvalue weighted by Gasteiger charge is -2.12. The second-order valence-corrected chi connectivity index (χ2v) is 4.86. The average Bonchev–Trinajstić information content (AvgIpc) is 2.88. The minimum absolute atomic E-state index is 0.0479. The van der Waals surface area contributed by atoms with Crippen LogP contribution in [0.2, 0.25) is 0 Å². The number of benzene rings is 1. The summed E-state index contributed by atoms with van der Waals surface area (Å²) in [6.45, 7) is 3.77. The highest BCUT2D eigenvalue weighted by Gasteiger charge is 2.18. The molecule has 116 valence electrons. The molecule has 0 spiro atoms. The lowest BCUT2D eigenvalue weighted by molar-refractivity contribution is -0.400. The summed E-state index contributed by atoms with van der Waals surface area (Å²) >= 11 is 0. The smallest absolute Gasteiger partial charge is 0.338 e. The SMILES string of the molecule is COC(=O)c1ccc(OC(C)C)c2[nH]cc(C=C[N+](=O)[O-])c12. The number of hydrogen-bond donors (Lipinski definition) is 1. The summed E-state index contributed by atoms with van der Waals surface area (Å²) in [5.74, 6) is 0.0508. The standard InChI is InChI=1S/C15H16N2O5/c1-9(2)22-12-5-4-11(15(18)21-3)13-10(6-7-17(19)20)8-16-14(12)13/h4-9,16H,1-3H3. The highest BCUT2D eigenvalue weighted by molar-refractivity contribution is 6.08. The minimum Gasteiger partial charge on any atom is -0.489 e. The molecule has 0 atom stereocenters. The number of methoxy groups -OCH3 is 1. The molecule has 0 bridgehead atoms. The van der Waals surface area contributed by atoms with Gasteiger partial charge in [-0.05, 0) is 26.0 Å². The van der Waals surface area contributed by atoms with Gasteiger partial charge in [-0.3, -0.25) is 10.1 Å². The van der Waals surface area contributed by atoms with Crippen LogP contribution >= 0.6 is 0 Å². The Labute approximate surface area is 126 Å². The van der Waals surface area contributed by atoms with Crippen molar-refractivity contribution in [3.05, 3.63) is 45.8 Å². The number of fused-ring (bicyclic) bond motifs is 1. The predicted molar refractivity (Wildman–Crippen MR) is 81.4 cm³/mol. The number of carbonyl (C=O) groups is 1. The molecule has 0 aliphatic rings. The normalized spacial score (nSPS) is 11.3. The second-order valence-electron chi connectivity index (χ2n) is 4.86. The van der Waals surface area contributed by atoms with E-state index < -0.39 is 10.9 Å². The number of H-pyrrole nitrogens is 1. The molecule has 0 aliphatic carbocycles. The van der Waals surface area contributed by atoms with Gasteiger partial charge in [0.1, 0.15) is 5.75 Å². The van der Waals surface area contributed by atoms with Crippen molar-refractivity contribution in [3.8, 4) is 5.75 Å². The molecule has 7 heteroatoms. The summed E-state index contributed by atoms with van der Waals surface area (Å²) in [6, 6.07) is 3.26. The van der Waals surface area contributed by atoms with Crippen molar-refractivity contribution in [1.29, 1.82) is 0 Å². The monoisotopic (exact) mass is 304 g/mol. The number of hydrogen-bond acceptors (Lipinski definition) is 5. The quantitative estimate of drug-likeness (QED) is 0.520. The van der Waals surface area contributed by atoms with Crippen molar-refractivity contribution >= 4 is 22.9 Å². The number of carbonyl (C=O) groups excluding carboxylic acids is 1. The Morgan fingerprint density at radius 1 is 1.41 bits per heavy atom. The summed E-state index contributed by atoms with van der Waals surface area (Å²) in [7, 11) is 1.28. The largest absolute Gasteiger partial charge is 0.489 e. The molecule has 7 nitrogen and oxygen atoms in total. The zero-order chi connectivity index (χ0) is 16.3. The van der Waals surface area contributed by atoms with E-state index in [1.807, 2.05) is 13.8 Å². The molecule has 2 aromatic rings. The molecule has 0 radical (unpaired) electrons. The fourth-order valence-electron chi connectivity index (χ4n) is 2.15. The van der Waals surface area contributed by atoms with Crippen LogP contribution in [0, 0.1) is 10.1 Å². The predicted octanol–water partition coefficient (Wildman–Crippen LogP) is 2.99. The van der Waals surface area contributed by atoms with Gasteiger partial charge >= 0.3 is 5.97 Å². The minimum atomic E-state index is -0.564. The number of ether oxygens (including phenoxy) is 2. The Morgan fingerprint density at radius 2 is 2.14 bits per heavy atom. The van der Waals surface area contributed by atoms with Crippen LogP contribution in [-0.2, 0) is 4.74 Å². The van der Waals surface area contributed by atoms with Gasteiger partial charge in [-0.25, -0.2) is 4.79 Å². The summed E-state index contributed by atoms with van der Waals surface area (Å²) in [4.78, 5) is 24.9. The molecule has 0 fully saturated rings. The van der Waals surface area contributed by atoms with E-state index in [1.165, 1.54) is 13.2 Å². The molecule has 1 aromatic carbocycles. The molecule has 1 N–H and O–H groups in total. The van der Waals surface area contributed by atoms with Crippen LogP contribution in [0.4, 0.5) is 0 Å². The maximum absolute atomic E-state index is 11.9. The third kappa shape index (κ3) is 3.08. The zero-order valence-electron chi connectivity index (χ0n) is 12.5. The van der Waals surface area contributed by atoms with Gasteiger partial charge in [-0.15, -0.1) is 0 Å². The average molecular weight is 304 g/mol. The number of nitrogens with one attached hydrogen (secondary N) is 1. The molecule has 1 aromatic heterocycles. The third-order valence-electron chi connectivity index (χ3n) is 2.97. The molecular formula is C15H16N2O5. The first-order valence-corrected chi connectivity index (χ1v) is 6.64. The number of nitro groups is 1. The number of esters is 1. The van der Waals surface area contributed by atoms with Crippen molar-refractivity contribution < 1.29 is 19.2 Å². The Bertz CT molecular complexity index is 746. The number of aromatic amines is 1. The van der Waals surface area contributed by atoms with Gasteiger partial charge in [0.2, 0.25) is 6.20 Å². The molecule has 1 heterocycles. The molecule has 0 saturated heterocycles. The van der Waals surface area contributed by atoms with Gasteiger partial charge in [0, 0.05) is 23.2 Å². The van der Waals surface area contributed by atoms with Crippen LogP contribution in [0.1, 0.15) is 29.8 Å². The van der Waals surface area contributed by atoms with Crippen LogP contribution < -0.4 is 4.74 Å². The van der Waals surface area contributed by atoms with Crippen LogP contribution in [0.3, 0.4) is 0 Å². The lowest BCUT2D eigenvalue weighted by atomic mass is 10.1. The molecule has 0 unspecified atom stereocenters. The second kappa shape index (κ2) is 6.30. The van der Waals surface area contributed by atoms with E-state index in [0.29, 0.717) is 27.8 Å². The van der Waals surface area contributed by atoms with E-state index in [0.717, 1.165) is 6.20 Å². The van der Waals surface area contributed by atoms with Crippen molar-refractivity contribution in [2.45, 2.75) is 20.0 Å². The first-order chi connectivity index (χ1) is 10.4. The topological polar surface area (TPSA) is 94.5 Å². The molecule has 2 rings (SSSR count). The zero-order valence-corrected chi connectivity index (χ0v) is 12.5. The van der Waals surface area contributed by atoms with Gasteiger partial charge in [0.25, 0.3) is 0 Å². The molecule has 0 amide bonds. The Kier molecular flexibility index (Phi) is 4.45. The van der Waals surface area contributed by atoms with E-state index >= 15 is 0 Å². The van der Waals surface area contributed by atoms with Gasteiger partial charge < -0.3 is 14.5 Å². The summed E-state index contributed by atoms with van der Waals surface area (Å²) < 4.78 is 10.5. The van der Waals surface area contributed by atoms with Crippen LogP contribution in [-0.4, -0.2) is 29.1 Å². The van der Waals surface area contributed by atoms with E-state index in [2.05, 4.69) is 4.98 Å². The highest BCUT2D eigenvalue weighted by Crippen LogP contribution is 2.32. The van der Waals surface area contributed by atoms with Crippen molar-refractivity contribution in [2.24, 2.45) is 0 Å². The Hall–Kier alpha value is -2.83. The summed E-state index contributed by atoms with van der Waals surface area (Å²) in [5.41, 5.74) is 1.43. The molecule has 0 aliphatic heterocycles. The fraction of sp³-hybridized carbons (Fsp3) is 0.267. The van der Waals surface area contributed by atoms with Crippen molar-refractivity contribution in [1.82, 2.24) is 4.98 Å². The van der Waals surface area contributed by atoms with E-state index in [-0.39, 0.29) is 6.10 Å². The van der Waals surface area contributed by atoms with Crippen molar-refractivity contribution in [3.63, 3.8) is 0 Å². The van der Waals surface area contributed by atoms with E-state index in [4.69, 9.17) is 9.47 Å². The van der Waals surface area contributed by atoms with Gasteiger partial charge in [0.05, 0.1) is 29.2 Å². The number of rotatable bonds is 5. The Morgan fingerprint density at radius 3 is 2.73 bits per heavy atom. The van der Waals surface area contributed by atoms with E-state index in [1.54, 1.807) is 18.3 Å². The summed E-state index contributed by atoms with van der Waals surface area (Å²) in [5, 5.41) is 11.0. The first kappa shape index (κ1) is 15.6. The van der Waals surface area contributed by atoms with E-state index in [9.17, 15) is 14.9 Å². The van der Waals surface area contributed by atoms with Crippen LogP contribution in [0.5, 0.6) is 5.75 Å². The van der Waals surface area contributed by atoms with Gasteiger partial charge in [-0.2, -0.15) is 0 Å². The van der Waals surface area contributed by atoms with Crippen LogP contribution in [0.25, 0.3) is 17.0 Å². The van der Waals surface area contributed by atoms with Crippen molar-refractivity contribution in [2.75, 3.05) is 7.11 Å². The first-order valence-electron chi connectivity index (χ1n) is 6.64. The molecule has 0 saturated carbocycles. The third-order valence-corrected chi connectivity index (χ3v) is 2.97. The summed E-state index contributed by atoms with van der Waals surface area (Å²) in [6.07, 6.45) is 3.68. The Balaban J connectivity index is 2.67. The lowest BCUT2D eigenvalue weighted by Crippen LogP contribution is -2.07. The number of nitrogens with zero attached hydrogens (tertiary/aromatic N) is 1. The fourth-order valence-corrected chi connectivity index (χ4v) is 2.15. The number of aromatic nitrogens is 1. The maximum Gasteiger partial charge on any atom is 0.338 e.